The number of aromatic carboxylic acids is 1. The van der Waals surface area contributed by atoms with E-state index in [0.29, 0.717) is 0 Å². The Morgan fingerprint density at radius 1 is 1.16 bits per heavy atom. The number of hydrogen-bond acceptors (Lipinski definition) is 2. The normalized spacial score (nSPS) is 12.1. The topological polar surface area (TPSA) is 57.5 Å². The molecule has 0 saturated heterocycles. The monoisotopic (exact) mass is 256 g/mol. The van der Waals surface area contributed by atoms with Crippen molar-refractivity contribution in [3.63, 3.8) is 0 Å². The lowest BCUT2D eigenvalue weighted by molar-refractivity contribution is 0.0693. The minimum absolute atomic E-state index is 0.0441. The molecule has 2 aromatic carbocycles. The van der Waals surface area contributed by atoms with Gasteiger partial charge in [-0.1, -0.05) is 43.3 Å². The molecule has 0 aliphatic heterocycles. The van der Waals surface area contributed by atoms with Crippen LogP contribution in [0.15, 0.2) is 48.5 Å². The molecule has 3 heteroatoms. The Morgan fingerprint density at radius 3 is 2.47 bits per heavy atom. The summed E-state index contributed by atoms with van der Waals surface area (Å²) in [7, 11) is 0. The van der Waals surface area contributed by atoms with Gasteiger partial charge in [0.05, 0.1) is 0 Å². The van der Waals surface area contributed by atoms with Gasteiger partial charge in [0.1, 0.15) is 11.3 Å². The van der Waals surface area contributed by atoms with Crippen LogP contribution in [-0.2, 0) is 6.42 Å². The van der Waals surface area contributed by atoms with Crippen molar-refractivity contribution in [2.45, 2.75) is 19.3 Å². The first-order valence-corrected chi connectivity index (χ1v) is 6.18. The van der Waals surface area contributed by atoms with E-state index in [-0.39, 0.29) is 17.2 Å². The molecule has 0 aliphatic rings. The molecular weight excluding hydrogens is 240 g/mol. The minimum atomic E-state index is -1.11. The third-order valence-electron chi connectivity index (χ3n) is 3.20. The van der Waals surface area contributed by atoms with Gasteiger partial charge >= 0.3 is 5.97 Å². The summed E-state index contributed by atoms with van der Waals surface area (Å²) >= 11 is 0. The zero-order valence-electron chi connectivity index (χ0n) is 10.7. The quantitative estimate of drug-likeness (QED) is 0.881. The molecule has 0 bridgehead atoms. The van der Waals surface area contributed by atoms with E-state index in [1.807, 2.05) is 25.1 Å². The van der Waals surface area contributed by atoms with E-state index >= 15 is 0 Å². The van der Waals surface area contributed by atoms with E-state index in [0.717, 1.165) is 12.0 Å². The number of benzene rings is 2. The lowest BCUT2D eigenvalue weighted by atomic mass is 9.92. The standard InChI is InChI=1S/C16H16O3/c1-11(9-12-5-3-2-4-6-12)13-7-8-15(17)14(10-13)16(18)19/h2-8,10-11,17H,9H2,1H3,(H,18,19). The molecule has 0 heterocycles. The number of carbonyl (C=O) groups is 1. The Balaban J connectivity index is 2.22. The van der Waals surface area contributed by atoms with Gasteiger partial charge in [-0.25, -0.2) is 4.79 Å². The summed E-state index contributed by atoms with van der Waals surface area (Å²) in [5.41, 5.74) is 2.08. The summed E-state index contributed by atoms with van der Waals surface area (Å²) in [5.74, 6) is -1.10. The molecule has 0 saturated carbocycles. The van der Waals surface area contributed by atoms with Gasteiger partial charge in [-0.2, -0.15) is 0 Å². The van der Waals surface area contributed by atoms with E-state index < -0.39 is 5.97 Å². The summed E-state index contributed by atoms with van der Waals surface area (Å²) in [6.45, 7) is 2.05. The van der Waals surface area contributed by atoms with Crippen LogP contribution in [0, 0.1) is 0 Å². The first-order valence-electron chi connectivity index (χ1n) is 6.18. The van der Waals surface area contributed by atoms with Crippen molar-refractivity contribution >= 4 is 5.97 Å². The first-order chi connectivity index (χ1) is 9.08. The molecule has 0 spiro atoms. The molecule has 0 radical (unpaired) electrons. The predicted molar refractivity (Wildman–Crippen MR) is 73.6 cm³/mol. The van der Waals surface area contributed by atoms with Crippen molar-refractivity contribution in [2.75, 3.05) is 0 Å². The third kappa shape index (κ3) is 3.13. The molecule has 3 nitrogen and oxygen atoms in total. The summed E-state index contributed by atoms with van der Waals surface area (Å²) in [6, 6.07) is 14.8. The van der Waals surface area contributed by atoms with Crippen LogP contribution < -0.4 is 0 Å². The predicted octanol–water partition coefficient (Wildman–Crippen LogP) is 3.44. The number of phenols is 1. The second-order valence-electron chi connectivity index (χ2n) is 4.67. The summed E-state index contributed by atoms with van der Waals surface area (Å²) in [5, 5.41) is 18.5. The van der Waals surface area contributed by atoms with Crippen LogP contribution >= 0.6 is 0 Å². The van der Waals surface area contributed by atoms with E-state index in [1.165, 1.54) is 11.6 Å². The van der Waals surface area contributed by atoms with E-state index in [9.17, 15) is 9.90 Å². The maximum absolute atomic E-state index is 11.0. The number of carboxylic acid groups (broad SMARTS) is 1. The molecule has 0 amide bonds. The molecule has 1 unspecified atom stereocenters. The van der Waals surface area contributed by atoms with Crippen molar-refractivity contribution < 1.29 is 15.0 Å². The van der Waals surface area contributed by atoms with Gasteiger partial charge in [-0.15, -0.1) is 0 Å². The SMILES string of the molecule is CC(Cc1ccccc1)c1ccc(O)c(C(=O)O)c1. The highest BCUT2D eigenvalue weighted by Crippen LogP contribution is 2.25. The molecule has 1 atom stereocenters. The molecule has 19 heavy (non-hydrogen) atoms. The third-order valence-corrected chi connectivity index (χ3v) is 3.20. The van der Waals surface area contributed by atoms with Crippen molar-refractivity contribution in [2.24, 2.45) is 0 Å². The highest BCUT2D eigenvalue weighted by atomic mass is 16.4. The fourth-order valence-electron chi connectivity index (χ4n) is 2.12. The van der Waals surface area contributed by atoms with Crippen LogP contribution in [0.5, 0.6) is 5.75 Å². The summed E-state index contributed by atoms with van der Waals surface area (Å²) < 4.78 is 0. The Morgan fingerprint density at radius 2 is 1.84 bits per heavy atom. The maximum atomic E-state index is 11.0. The van der Waals surface area contributed by atoms with Crippen LogP contribution in [0.2, 0.25) is 0 Å². The van der Waals surface area contributed by atoms with E-state index in [2.05, 4.69) is 12.1 Å². The molecule has 0 aromatic heterocycles. The molecule has 0 fully saturated rings. The summed E-state index contributed by atoms with van der Waals surface area (Å²) in [4.78, 5) is 11.0. The largest absolute Gasteiger partial charge is 0.507 e. The van der Waals surface area contributed by atoms with Crippen LogP contribution in [0.3, 0.4) is 0 Å². The lowest BCUT2D eigenvalue weighted by Gasteiger charge is -2.13. The van der Waals surface area contributed by atoms with Crippen LogP contribution in [0.25, 0.3) is 0 Å². The molecule has 2 N–H and O–H groups in total. The van der Waals surface area contributed by atoms with Crippen molar-refractivity contribution in [1.82, 2.24) is 0 Å². The van der Waals surface area contributed by atoms with Crippen molar-refractivity contribution in [3.05, 3.63) is 65.2 Å². The van der Waals surface area contributed by atoms with Gasteiger partial charge in [-0.3, -0.25) is 0 Å². The molecule has 2 aromatic rings. The fraction of sp³-hybridized carbons (Fsp3) is 0.188. The number of hydrogen-bond donors (Lipinski definition) is 2. The van der Waals surface area contributed by atoms with Crippen LogP contribution in [0.1, 0.15) is 34.3 Å². The molecule has 98 valence electrons. The fourth-order valence-corrected chi connectivity index (χ4v) is 2.12. The Labute approximate surface area is 112 Å². The zero-order valence-corrected chi connectivity index (χ0v) is 10.7. The van der Waals surface area contributed by atoms with Crippen molar-refractivity contribution in [1.29, 1.82) is 0 Å². The highest BCUT2D eigenvalue weighted by Gasteiger charge is 2.13. The van der Waals surface area contributed by atoms with E-state index in [1.54, 1.807) is 12.1 Å². The van der Waals surface area contributed by atoms with Gasteiger partial charge in [0.2, 0.25) is 0 Å². The van der Waals surface area contributed by atoms with Crippen LogP contribution in [-0.4, -0.2) is 16.2 Å². The second kappa shape index (κ2) is 5.57. The van der Waals surface area contributed by atoms with Crippen molar-refractivity contribution in [3.8, 4) is 5.75 Å². The second-order valence-corrected chi connectivity index (χ2v) is 4.67. The average molecular weight is 256 g/mol. The van der Waals surface area contributed by atoms with E-state index in [4.69, 9.17) is 5.11 Å². The average Bonchev–Trinajstić information content (AvgIpc) is 2.40. The van der Waals surface area contributed by atoms with Gasteiger partial charge < -0.3 is 10.2 Å². The molecule has 2 rings (SSSR count). The Kier molecular flexibility index (Phi) is 3.85. The Bertz CT molecular complexity index is 576. The first kappa shape index (κ1) is 13.1. The van der Waals surface area contributed by atoms with Gasteiger partial charge in [0.25, 0.3) is 0 Å². The van der Waals surface area contributed by atoms with Gasteiger partial charge in [0.15, 0.2) is 0 Å². The van der Waals surface area contributed by atoms with Gasteiger partial charge in [-0.05, 0) is 35.6 Å². The lowest BCUT2D eigenvalue weighted by Crippen LogP contribution is -2.02. The minimum Gasteiger partial charge on any atom is -0.507 e. The molecule has 0 aliphatic carbocycles. The number of rotatable bonds is 4. The summed E-state index contributed by atoms with van der Waals surface area (Å²) in [6.07, 6.45) is 0.838. The number of aromatic hydroxyl groups is 1. The zero-order chi connectivity index (χ0) is 13.8. The maximum Gasteiger partial charge on any atom is 0.339 e. The smallest absolute Gasteiger partial charge is 0.339 e. The molecular formula is C16H16O3. The Hall–Kier alpha value is -2.29. The number of carboxylic acids is 1. The van der Waals surface area contributed by atoms with Gasteiger partial charge in [0, 0.05) is 0 Å². The highest BCUT2D eigenvalue weighted by molar-refractivity contribution is 5.90. The van der Waals surface area contributed by atoms with Crippen LogP contribution in [0.4, 0.5) is 0 Å².